The van der Waals surface area contributed by atoms with E-state index in [-0.39, 0.29) is 5.97 Å². The van der Waals surface area contributed by atoms with Gasteiger partial charge in [0.1, 0.15) is 23.1 Å². The van der Waals surface area contributed by atoms with Gasteiger partial charge in [0.05, 0.1) is 13.7 Å². The van der Waals surface area contributed by atoms with Gasteiger partial charge >= 0.3 is 5.97 Å². The van der Waals surface area contributed by atoms with Crippen LogP contribution < -0.4 is 9.47 Å². The van der Waals surface area contributed by atoms with Crippen molar-refractivity contribution in [3.8, 4) is 17.2 Å². The highest BCUT2D eigenvalue weighted by molar-refractivity contribution is 5.87. The van der Waals surface area contributed by atoms with Crippen LogP contribution in [0.1, 0.15) is 18.1 Å². The topological polar surface area (TPSA) is 44.8 Å². The van der Waals surface area contributed by atoms with Gasteiger partial charge in [0.2, 0.25) is 0 Å². The third-order valence-corrected chi connectivity index (χ3v) is 3.24. The molecule has 2 aromatic rings. The number of carbonyl (C=O) groups is 1. The molecule has 0 aliphatic rings. The summed E-state index contributed by atoms with van der Waals surface area (Å²) >= 11 is 0. The number of esters is 1. The van der Waals surface area contributed by atoms with Crippen LogP contribution in [0.15, 0.2) is 42.5 Å². The Morgan fingerprint density at radius 2 is 1.88 bits per heavy atom. The summed E-state index contributed by atoms with van der Waals surface area (Å²) in [5.74, 6) is 0.476. The molecule has 0 atom stereocenters. The molecule has 0 bridgehead atoms. The van der Waals surface area contributed by atoms with E-state index in [1.54, 1.807) is 25.1 Å². The predicted octanol–water partition coefficient (Wildman–Crippen LogP) is 4.51. The average molecular weight is 330 g/mol. The highest BCUT2D eigenvalue weighted by Crippen LogP contribution is 2.28. The summed E-state index contributed by atoms with van der Waals surface area (Å²) in [7, 11) is 1.47. The second-order valence-corrected chi connectivity index (χ2v) is 5.03. The van der Waals surface area contributed by atoms with E-state index in [1.807, 2.05) is 19.1 Å². The van der Waals surface area contributed by atoms with Gasteiger partial charge in [0, 0.05) is 24.3 Å². The Kier molecular flexibility index (Phi) is 5.95. The molecule has 0 N–H and O–H groups in total. The molecule has 126 valence electrons. The van der Waals surface area contributed by atoms with Crippen LogP contribution in [0.3, 0.4) is 0 Å². The number of halogens is 1. The molecule has 0 aromatic heterocycles. The van der Waals surface area contributed by atoms with Gasteiger partial charge in [-0.15, -0.1) is 0 Å². The SMILES string of the molecule is CCOC(=O)/C=C/c1ccc(Oc2cc(F)cc(OC)c2)cc1C. The van der Waals surface area contributed by atoms with Gasteiger partial charge in [-0.2, -0.15) is 0 Å². The summed E-state index contributed by atoms with van der Waals surface area (Å²) in [6.45, 7) is 3.99. The van der Waals surface area contributed by atoms with Gasteiger partial charge in [-0.25, -0.2) is 9.18 Å². The smallest absolute Gasteiger partial charge is 0.330 e. The quantitative estimate of drug-likeness (QED) is 0.577. The van der Waals surface area contributed by atoms with E-state index in [1.165, 1.54) is 25.3 Å². The fraction of sp³-hybridized carbons (Fsp3) is 0.211. The highest BCUT2D eigenvalue weighted by atomic mass is 19.1. The monoisotopic (exact) mass is 330 g/mol. The van der Waals surface area contributed by atoms with Gasteiger partial charge in [0.25, 0.3) is 0 Å². The van der Waals surface area contributed by atoms with Crippen molar-refractivity contribution in [2.45, 2.75) is 13.8 Å². The Bertz CT molecular complexity index is 753. The van der Waals surface area contributed by atoms with Crippen molar-refractivity contribution in [2.24, 2.45) is 0 Å². The standard InChI is InChI=1S/C19H19FO4/c1-4-23-19(21)8-6-14-5-7-16(9-13(14)2)24-18-11-15(20)10-17(12-18)22-3/h5-12H,4H2,1-3H3/b8-6+. The van der Waals surface area contributed by atoms with Gasteiger partial charge in [0.15, 0.2) is 0 Å². The Labute approximate surface area is 140 Å². The summed E-state index contributed by atoms with van der Waals surface area (Å²) in [5, 5.41) is 0. The van der Waals surface area contributed by atoms with Crippen LogP contribution in [0.5, 0.6) is 17.2 Å². The zero-order chi connectivity index (χ0) is 17.5. The maximum Gasteiger partial charge on any atom is 0.330 e. The van der Waals surface area contributed by atoms with Crippen LogP contribution in [-0.2, 0) is 9.53 Å². The van der Waals surface area contributed by atoms with Crippen LogP contribution in [0.25, 0.3) is 6.08 Å². The first-order chi connectivity index (χ1) is 11.5. The molecule has 0 spiro atoms. The number of benzene rings is 2. The Morgan fingerprint density at radius 1 is 1.12 bits per heavy atom. The van der Waals surface area contributed by atoms with E-state index in [0.29, 0.717) is 23.9 Å². The Balaban J connectivity index is 2.15. The summed E-state index contributed by atoms with van der Waals surface area (Å²) in [4.78, 5) is 11.3. The predicted molar refractivity (Wildman–Crippen MR) is 89.9 cm³/mol. The zero-order valence-electron chi connectivity index (χ0n) is 13.8. The van der Waals surface area contributed by atoms with Crippen molar-refractivity contribution in [3.05, 3.63) is 59.4 Å². The van der Waals surface area contributed by atoms with Gasteiger partial charge < -0.3 is 14.2 Å². The number of ether oxygens (including phenoxy) is 3. The molecule has 0 unspecified atom stereocenters. The maximum atomic E-state index is 13.5. The molecule has 5 heteroatoms. The molecule has 0 aliphatic carbocycles. The molecular weight excluding hydrogens is 311 g/mol. The molecule has 0 heterocycles. The van der Waals surface area contributed by atoms with E-state index < -0.39 is 5.82 Å². The Morgan fingerprint density at radius 3 is 2.54 bits per heavy atom. The summed E-state index contributed by atoms with van der Waals surface area (Å²) in [6, 6.07) is 9.54. The summed E-state index contributed by atoms with van der Waals surface area (Å²) < 4.78 is 29.0. The van der Waals surface area contributed by atoms with Crippen molar-refractivity contribution in [2.75, 3.05) is 13.7 Å². The van der Waals surface area contributed by atoms with Crippen molar-refractivity contribution >= 4 is 12.0 Å². The second-order valence-electron chi connectivity index (χ2n) is 5.03. The van der Waals surface area contributed by atoms with Crippen molar-refractivity contribution in [1.82, 2.24) is 0 Å². The molecule has 0 aliphatic heterocycles. The molecule has 0 fully saturated rings. The van der Waals surface area contributed by atoms with E-state index in [4.69, 9.17) is 14.2 Å². The highest BCUT2D eigenvalue weighted by Gasteiger charge is 2.05. The second kappa shape index (κ2) is 8.15. The van der Waals surface area contributed by atoms with E-state index in [9.17, 15) is 9.18 Å². The molecule has 0 radical (unpaired) electrons. The number of hydrogen-bond donors (Lipinski definition) is 0. The number of carbonyl (C=O) groups excluding carboxylic acids is 1. The minimum atomic E-state index is -0.435. The average Bonchev–Trinajstić information content (AvgIpc) is 2.53. The van der Waals surface area contributed by atoms with E-state index in [0.717, 1.165) is 11.1 Å². The molecule has 0 saturated carbocycles. The number of aryl methyl sites for hydroxylation is 1. The van der Waals surface area contributed by atoms with Gasteiger partial charge in [-0.1, -0.05) is 6.07 Å². The van der Waals surface area contributed by atoms with Gasteiger partial charge in [-0.3, -0.25) is 0 Å². The third-order valence-electron chi connectivity index (χ3n) is 3.24. The fourth-order valence-corrected chi connectivity index (χ4v) is 2.10. The van der Waals surface area contributed by atoms with Crippen LogP contribution >= 0.6 is 0 Å². The summed E-state index contributed by atoms with van der Waals surface area (Å²) in [5.41, 5.74) is 1.78. The maximum absolute atomic E-state index is 13.5. The lowest BCUT2D eigenvalue weighted by Crippen LogP contribution is -1.98. The largest absolute Gasteiger partial charge is 0.497 e. The lowest BCUT2D eigenvalue weighted by molar-refractivity contribution is -0.137. The lowest BCUT2D eigenvalue weighted by atomic mass is 10.1. The first kappa shape index (κ1) is 17.5. The first-order valence-electron chi connectivity index (χ1n) is 7.49. The molecule has 24 heavy (non-hydrogen) atoms. The normalized spacial score (nSPS) is 10.7. The zero-order valence-corrected chi connectivity index (χ0v) is 13.8. The van der Waals surface area contributed by atoms with Crippen LogP contribution in [0.2, 0.25) is 0 Å². The fourth-order valence-electron chi connectivity index (χ4n) is 2.10. The molecule has 2 rings (SSSR count). The van der Waals surface area contributed by atoms with E-state index >= 15 is 0 Å². The number of methoxy groups -OCH3 is 1. The number of hydrogen-bond acceptors (Lipinski definition) is 4. The van der Waals surface area contributed by atoms with Crippen LogP contribution in [-0.4, -0.2) is 19.7 Å². The molecular formula is C19H19FO4. The minimum absolute atomic E-state index is 0.339. The van der Waals surface area contributed by atoms with Crippen molar-refractivity contribution in [1.29, 1.82) is 0 Å². The molecule has 4 nitrogen and oxygen atoms in total. The number of rotatable bonds is 6. The minimum Gasteiger partial charge on any atom is -0.497 e. The van der Waals surface area contributed by atoms with Crippen LogP contribution in [0, 0.1) is 12.7 Å². The molecule has 0 saturated heterocycles. The lowest BCUT2D eigenvalue weighted by Gasteiger charge is -2.09. The Hall–Kier alpha value is -2.82. The van der Waals surface area contributed by atoms with Gasteiger partial charge in [-0.05, 0) is 43.2 Å². The van der Waals surface area contributed by atoms with Crippen molar-refractivity contribution < 1.29 is 23.4 Å². The molecule has 2 aromatic carbocycles. The van der Waals surface area contributed by atoms with E-state index in [2.05, 4.69) is 0 Å². The van der Waals surface area contributed by atoms with Crippen LogP contribution in [0.4, 0.5) is 4.39 Å². The summed E-state index contributed by atoms with van der Waals surface area (Å²) in [6.07, 6.45) is 3.06. The van der Waals surface area contributed by atoms with Crippen molar-refractivity contribution in [3.63, 3.8) is 0 Å². The molecule has 0 amide bonds. The first-order valence-corrected chi connectivity index (χ1v) is 7.49. The third kappa shape index (κ3) is 4.84.